The maximum absolute atomic E-state index is 4.74. The molecule has 3 rings (SSSR count). The van der Waals surface area contributed by atoms with Gasteiger partial charge in [-0.3, -0.25) is 9.67 Å². The first-order valence-corrected chi connectivity index (χ1v) is 7.77. The van der Waals surface area contributed by atoms with E-state index < -0.39 is 0 Å². The Hall–Kier alpha value is -1.75. The summed E-state index contributed by atoms with van der Waals surface area (Å²) >= 11 is 1.76. The minimum absolute atomic E-state index is 0.254. The van der Waals surface area contributed by atoms with Gasteiger partial charge in [-0.2, -0.15) is 5.10 Å². The highest BCUT2D eigenvalue weighted by Gasteiger charge is 2.20. The van der Waals surface area contributed by atoms with Crippen LogP contribution in [0.15, 0.2) is 47.7 Å². The molecule has 20 heavy (non-hydrogen) atoms. The van der Waals surface area contributed by atoms with Crippen LogP contribution in [-0.4, -0.2) is 20.7 Å². The summed E-state index contributed by atoms with van der Waals surface area (Å²) in [6.45, 7) is 4.23. The van der Waals surface area contributed by atoms with Gasteiger partial charge in [0.2, 0.25) is 0 Å². The fourth-order valence-corrected chi connectivity index (χ4v) is 3.07. The second-order valence-electron chi connectivity index (χ2n) is 5.10. The number of aromatic nitrogens is 2. The van der Waals surface area contributed by atoms with Gasteiger partial charge in [-0.1, -0.05) is 42.1 Å². The van der Waals surface area contributed by atoms with Crippen molar-refractivity contribution in [3.05, 3.63) is 48.3 Å². The minimum Gasteiger partial charge on any atom is -0.332 e. The third-order valence-electron chi connectivity index (χ3n) is 3.22. The highest BCUT2D eigenvalue weighted by atomic mass is 32.2. The van der Waals surface area contributed by atoms with Gasteiger partial charge in [-0.25, -0.2) is 0 Å². The maximum atomic E-state index is 4.74. The second kappa shape index (κ2) is 5.71. The second-order valence-corrected chi connectivity index (χ2v) is 6.11. The zero-order valence-corrected chi connectivity index (χ0v) is 12.5. The Balaban J connectivity index is 1.69. The number of aliphatic imine (C=N–C) groups is 1. The molecule has 0 aliphatic carbocycles. The van der Waals surface area contributed by atoms with Crippen LogP contribution in [0, 0.1) is 0 Å². The van der Waals surface area contributed by atoms with Crippen molar-refractivity contribution in [1.29, 1.82) is 0 Å². The number of anilines is 1. The Morgan fingerprint density at radius 2 is 2.10 bits per heavy atom. The zero-order valence-electron chi connectivity index (χ0n) is 11.7. The minimum atomic E-state index is 0.254. The van der Waals surface area contributed by atoms with E-state index in [1.165, 1.54) is 5.56 Å². The molecule has 0 bridgehead atoms. The first kappa shape index (κ1) is 13.2. The Morgan fingerprint density at radius 3 is 2.80 bits per heavy atom. The zero-order chi connectivity index (χ0) is 13.9. The van der Waals surface area contributed by atoms with Crippen LogP contribution in [0.2, 0.25) is 0 Å². The molecule has 1 aliphatic heterocycles. The number of thioether (sulfide) groups is 1. The highest BCUT2D eigenvalue weighted by molar-refractivity contribution is 8.14. The molecule has 1 aliphatic rings. The van der Waals surface area contributed by atoms with Gasteiger partial charge in [-0.15, -0.1) is 0 Å². The van der Waals surface area contributed by atoms with E-state index in [1.807, 2.05) is 23.1 Å². The molecule has 1 atom stereocenters. The van der Waals surface area contributed by atoms with Crippen molar-refractivity contribution in [3.63, 3.8) is 0 Å². The summed E-state index contributed by atoms with van der Waals surface area (Å²) in [5.74, 6) is 0.991. The van der Waals surface area contributed by atoms with Crippen LogP contribution >= 0.6 is 11.8 Å². The van der Waals surface area contributed by atoms with Crippen LogP contribution in [-0.2, 0) is 0 Å². The van der Waals surface area contributed by atoms with Crippen molar-refractivity contribution in [2.45, 2.75) is 25.9 Å². The van der Waals surface area contributed by atoms with Gasteiger partial charge in [0.15, 0.2) is 5.17 Å². The highest BCUT2D eigenvalue weighted by Crippen LogP contribution is 2.30. The van der Waals surface area contributed by atoms with Crippen LogP contribution in [0.25, 0.3) is 0 Å². The molecule has 4 nitrogen and oxygen atoms in total. The molecule has 0 saturated heterocycles. The smallest absolute Gasteiger partial charge is 0.161 e. The van der Waals surface area contributed by atoms with Gasteiger partial charge in [0, 0.05) is 18.0 Å². The lowest BCUT2D eigenvalue weighted by Gasteiger charge is -2.04. The molecule has 0 amide bonds. The normalized spacial score (nSPS) is 18.4. The van der Waals surface area contributed by atoms with Crippen molar-refractivity contribution in [2.24, 2.45) is 4.99 Å². The quantitative estimate of drug-likeness (QED) is 0.935. The topological polar surface area (TPSA) is 42.2 Å². The number of nitrogens with zero attached hydrogens (tertiary/aromatic N) is 3. The van der Waals surface area contributed by atoms with Gasteiger partial charge >= 0.3 is 0 Å². The summed E-state index contributed by atoms with van der Waals surface area (Å²) in [6.07, 6.45) is 3.86. The largest absolute Gasteiger partial charge is 0.332 e. The van der Waals surface area contributed by atoms with Crippen LogP contribution in [0.4, 0.5) is 5.69 Å². The van der Waals surface area contributed by atoms with E-state index in [0.29, 0.717) is 6.04 Å². The molecule has 1 N–H and O–H groups in total. The summed E-state index contributed by atoms with van der Waals surface area (Å²) < 4.78 is 1.94. The molecule has 0 radical (unpaired) electrons. The fourth-order valence-electron chi connectivity index (χ4n) is 2.10. The van der Waals surface area contributed by atoms with Crippen LogP contribution in [0.5, 0.6) is 0 Å². The van der Waals surface area contributed by atoms with Crippen molar-refractivity contribution in [2.75, 3.05) is 11.1 Å². The Morgan fingerprint density at radius 1 is 1.30 bits per heavy atom. The molecule has 0 saturated carbocycles. The Bertz CT molecular complexity index is 603. The van der Waals surface area contributed by atoms with Crippen molar-refractivity contribution in [1.82, 2.24) is 9.78 Å². The van der Waals surface area contributed by atoms with Crippen LogP contribution in [0.1, 0.15) is 31.5 Å². The molecule has 1 aromatic heterocycles. The number of hydrogen-bond donors (Lipinski definition) is 1. The number of benzene rings is 1. The van der Waals surface area contributed by atoms with Gasteiger partial charge in [-0.05, 0) is 19.4 Å². The number of rotatable bonds is 3. The monoisotopic (exact) mass is 286 g/mol. The molecule has 2 heterocycles. The predicted molar refractivity (Wildman–Crippen MR) is 85.3 cm³/mol. The van der Waals surface area contributed by atoms with Gasteiger partial charge < -0.3 is 5.32 Å². The molecule has 1 unspecified atom stereocenters. The van der Waals surface area contributed by atoms with E-state index in [0.717, 1.165) is 16.6 Å². The SMILES string of the molecule is CC(C)n1cc(NC2=NC(c3ccccc3)CS2)cn1. The molecule has 0 fully saturated rings. The molecule has 1 aromatic carbocycles. The van der Waals surface area contributed by atoms with Gasteiger partial charge in [0.25, 0.3) is 0 Å². The number of nitrogens with one attached hydrogen (secondary N) is 1. The first-order chi connectivity index (χ1) is 9.72. The standard InChI is InChI=1S/C15H18N4S/c1-11(2)19-9-13(8-16-19)17-15-18-14(10-20-15)12-6-4-3-5-7-12/h3-9,11,14H,10H2,1-2H3,(H,17,18). The van der Waals surface area contributed by atoms with E-state index in [4.69, 9.17) is 4.99 Å². The summed E-state index contributed by atoms with van der Waals surface area (Å²) in [4.78, 5) is 4.74. The molecule has 104 valence electrons. The summed E-state index contributed by atoms with van der Waals surface area (Å²) in [5.41, 5.74) is 2.27. The van der Waals surface area contributed by atoms with Crippen LogP contribution in [0.3, 0.4) is 0 Å². The fraction of sp³-hybridized carbons (Fsp3) is 0.333. The molecule has 0 spiro atoms. The summed E-state index contributed by atoms with van der Waals surface area (Å²) in [7, 11) is 0. The average molecular weight is 286 g/mol. The maximum Gasteiger partial charge on any atom is 0.161 e. The van der Waals surface area contributed by atoms with E-state index in [1.54, 1.807) is 11.8 Å². The molecular formula is C15H18N4S. The third-order valence-corrected chi connectivity index (χ3v) is 4.18. The number of hydrogen-bond acceptors (Lipinski definition) is 4. The lowest BCUT2D eigenvalue weighted by atomic mass is 10.1. The van der Waals surface area contributed by atoms with Crippen molar-refractivity contribution < 1.29 is 0 Å². The van der Waals surface area contributed by atoms with E-state index >= 15 is 0 Å². The first-order valence-electron chi connectivity index (χ1n) is 6.79. The number of amidine groups is 1. The van der Waals surface area contributed by atoms with E-state index in [9.17, 15) is 0 Å². The van der Waals surface area contributed by atoms with Gasteiger partial charge in [0.1, 0.15) is 0 Å². The van der Waals surface area contributed by atoms with E-state index in [-0.39, 0.29) is 6.04 Å². The lowest BCUT2D eigenvalue weighted by Crippen LogP contribution is -2.04. The third kappa shape index (κ3) is 2.88. The van der Waals surface area contributed by atoms with Crippen molar-refractivity contribution in [3.8, 4) is 0 Å². The molecule has 5 heteroatoms. The summed E-state index contributed by atoms with van der Waals surface area (Å²) in [6, 6.07) is 11.1. The van der Waals surface area contributed by atoms with Crippen molar-refractivity contribution >= 4 is 22.6 Å². The average Bonchev–Trinajstić information content (AvgIpc) is 3.10. The summed E-state index contributed by atoms with van der Waals surface area (Å²) in [5, 5.41) is 8.64. The Kier molecular flexibility index (Phi) is 3.78. The predicted octanol–water partition coefficient (Wildman–Crippen LogP) is 3.72. The lowest BCUT2D eigenvalue weighted by molar-refractivity contribution is 0.532. The molecule has 2 aromatic rings. The molecular weight excluding hydrogens is 268 g/mol. The Labute approximate surface area is 123 Å². The van der Waals surface area contributed by atoms with E-state index in [2.05, 4.69) is 48.5 Å². The van der Waals surface area contributed by atoms with Crippen LogP contribution < -0.4 is 5.32 Å². The van der Waals surface area contributed by atoms with Gasteiger partial charge in [0.05, 0.1) is 17.9 Å².